The van der Waals surface area contributed by atoms with Crippen LogP contribution < -0.4 is 4.74 Å². The number of fused-ring (bicyclic) bond motifs is 1. The molecule has 0 saturated heterocycles. The number of carbonyl (C=O) groups excluding carboxylic acids is 1. The fourth-order valence-corrected chi connectivity index (χ4v) is 6.25. The number of methoxy groups -OCH3 is 1. The zero-order valence-electron chi connectivity index (χ0n) is 18.5. The van der Waals surface area contributed by atoms with Crippen molar-refractivity contribution in [2.75, 3.05) is 12.9 Å². The van der Waals surface area contributed by atoms with Crippen molar-refractivity contribution in [2.24, 2.45) is 0 Å². The first kappa shape index (κ1) is 22.4. The van der Waals surface area contributed by atoms with Crippen LogP contribution in [0.15, 0.2) is 78.5 Å². The van der Waals surface area contributed by atoms with Crippen molar-refractivity contribution in [1.82, 2.24) is 14.5 Å². The Kier molecular flexibility index (Phi) is 5.97. The molecule has 2 aromatic heterocycles. The van der Waals surface area contributed by atoms with Crippen LogP contribution in [0.25, 0.3) is 15.9 Å². The molecule has 1 amide bonds. The number of benzene rings is 2. The molecule has 0 aliphatic carbocycles. The van der Waals surface area contributed by atoms with E-state index in [9.17, 15) is 13.2 Å². The van der Waals surface area contributed by atoms with Crippen LogP contribution in [0.5, 0.6) is 5.75 Å². The summed E-state index contributed by atoms with van der Waals surface area (Å²) in [5, 5.41) is 1.95. The van der Waals surface area contributed by atoms with Crippen LogP contribution >= 0.6 is 11.3 Å². The van der Waals surface area contributed by atoms with Crippen LogP contribution in [-0.4, -0.2) is 47.7 Å². The zero-order valence-corrected chi connectivity index (χ0v) is 20.1. The van der Waals surface area contributed by atoms with Gasteiger partial charge in [0.2, 0.25) is 5.91 Å². The van der Waals surface area contributed by atoms with Crippen LogP contribution in [-0.2, 0) is 27.6 Å². The van der Waals surface area contributed by atoms with Crippen molar-refractivity contribution in [3.05, 3.63) is 89.0 Å². The van der Waals surface area contributed by atoms with Crippen molar-refractivity contribution in [2.45, 2.75) is 19.0 Å². The highest BCUT2D eigenvalue weighted by Crippen LogP contribution is 2.28. The third-order valence-corrected chi connectivity index (χ3v) is 8.17. The molecule has 0 saturated carbocycles. The van der Waals surface area contributed by atoms with Gasteiger partial charge < -0.3 is 14.2 Å². The summed E-state index contributed by atoms with van der Waals surface area (Å²) in [7, 11) is -1.71. The Morgan fingerprint density at radius 1 is 1.18 bits per heavy atom. The Labute approximate surface area is 201 Å². The Hall–Kier alpha value is -3.43. The molecule has 1 aliphatic rings. The maximum atomic E-state index is 13.4. The number of thiazole rings is 1. The van der Waals surface area contributed by atoms with Crippen molar-refractivity contribution in [3.63, 3.8) is 0 Å². The average molecular weight is 494 g/mol. The molecular weight excluding hydrogens is 470 g/mol. The van der Waals surface area contributed by atoms with Crippen LogP contribution in [0.1, 0.15) is 10.6 Å². The molecule has 3 heterocycles. The van der Waals surface area contributed by atoms with Gasteiger partial charge in [-0.2, -0.15) is 0 Å². The molecule has 1 unspecified atom stereocenters. The van der Waals surface area contributed by atoms with Gasteiger partial charge in [0, 0.05) is 29.6 Å². The summed E-state index contributed by atoms with van der Waals surface area (Å²) in [5.74, 6) is 0.465. The molecule has 9 heteroatoms. The highest BCUT2D eigenvalue weighted by molar-refractivity contribution is 7.94. The quantitative estimate of drug-likeness (QED) is 0.389. The minimum atomic E-state index is -3.31. The van der Waals surface area contributed by atoms with Crippen molar-refractivity contribution >= 4 is 37.3 Å². The Bertz CT molecular complexity index is 1460. The molecule has 0 fully saturated rings. The molecule has 0 radical (unpaired) electrons. The van der Waals surface area contributed by atoms with E-state index in [1.165, 1.54) is 16.7 Å². The molecule has 2 aromatic carbocycles. The first-order valence-corrected chi connectivity index (χ1v) is 13.3. The van der Waals surface area contributed by atoms with Gasteiger partial charge in [-0.3, -0.25) is 4.79 Å². The van der Waals surface area contributed by atoms with Gasteiger partial charge in [0.15, 0.2) is 9.84 Å². The number of ether oxygens (including phenoxy) is 1. The smallest absolute Gasteiger partial charge is 0.227 e. The van der Waals surface area contributed by atoms with Crippen LogP contribution in [0.3, 0.4) is 0 Å². The molecule has 34 heavy (non-hydrogen) atoms. The predicted octanol–water partition coefficient (Wildman–Crippen LogP) is 3.98. The highest BCUT2D eigenvalue weighted by atomic mass is 32.2. The number of hydrogen-bond acceptors (Lipinski definition) is 6. The summed E-state index contributed by atoms with van der Waals surface area (Å²) < 4.78 is 32.4. The van der Waals surface area contributed by atoms with Gasteiger partial charge in [0.1, 0.15) is 10.8 Å². The van der Waals surface area contributed by atoms with Gasteiger partial charge in [-0.25, -0.2) is 13.4 Å². The van der Waals surface area contributed by atoms with Gasteiger partial charge in [0.05, 0.1) is 42.1 Å². The summed E-state index contributed by atoms with van der Waals surface area (Å²) >= 11 is 1.49. The minimum absolute atomic E-state index is 0.107. The molecular formula is C25H23N3O4S2. The highest BCUT2D eigenvalue weighted by Gasteiger charge is 2.31. The van der Waals surface area contributed by atoms with Gasteiger partial charge in [-0.1, -0.05) is 12.1 Å². The topological polar surface area (TPSA) is 81.5 Å². The Morgan fingerprint density at radius 2 is 1.94 bits per heavy atom. The summed E-state index contributed by atoms with van der Waals surface area (Å²) in [6.07, 6.45) is 5.69. The lowest BCUT2D eigenvalue weighted by molar-refractivity contribution is -0.132. The number of aromatic nitrogens is 2. The summed E-state index contributed by atoms with van der Waals surface area (Å²) in [6, 6.07) is 16.8. The van der Waals surface area contributed by atoms with Crippen LogP contribution in [0.2, 0.25) is 0 Å². The number of sulfone groups is 1. The maximum Gasteiger partial charge on any atom is 0.227 e. The van der Waals surface area contributed by atoms with Crippen LogP contribution in [0.4, 0.5) is 0 Å². The molecule has 0 bridgehead atoms. The summed E-state index contributed by atoms with van der Waals surface area (Å²) in [6.45, 7) is 0.243. The Balaban J connectivity index is 1.38. The number of nitrogens with zero attached hydrogens (tertiary/aromatic N) is 3. The monoisotopic (exact) mass is 493 g/mol. The van der Waals surface area contributed by atoms with Crippen LogP contribution in [0, 0.1) is 0 Å². The minimum Gasteiger partial charge on any atom is -0.497 e. The molecule has 5 rings (SSSR count). The largest absolute Gasteiger partial charge is 0.497 e. The second kappa shape index (κ2) is 9.08. The van der Waals surface area contributed by atoms with E-state index in [-0.39, 0.29) is 24.6 Å². The van der Waals surface area contributed by atoms with E-state index in [0.29, 0.717) is 5.75 Å². The lowest BCUT2D eigenvalue weighted by Crippen LogP contribution is -2.41. The number of amides is 1. The molecule has 7 nitrogen and oxygen atoms in total. The van der Waals surface area contributed by atoms with Crippen molar-refractivity contribution < 1.29 is 17.9 Å². The van der Waals surface area contributed by atoms with E-state index in [1.807, 2.05) is 71.6 Å². The second-order valence-corrected chi connectivity index (χ2v) is 11.2. The van der Waals surface area contributed by atoms with E-state index in [0.717, 1.165) is 26.5 Å². The standard InChI is InChI=1S/C25H23N3O4S2/c1-32-21-8-9-23-22(15-21)26-24(33-23)16-28(20-10-13-34(30,31)17-20)25(29)14-18-4-6-19(7-5-18)27-11-2-3-12-27/h2-13,15,20H,14,16-17H2,1H3. The average Bonchev–Trinajstić information content (AvgIpc) is 3.57. The lowest BCUT2D eigenvalue weighted by atomic mass is 10.1. The molecule has 0 spiro atoms. The molecule has 1 aliphatic heterocycles. The lowest BCUT2D eigenvalue weighted by Gasteiger charge is -2.27. The van der Waals surface area contributed by atoms with Crippen molar-refractivity contribution in [3.8, 4) is 11.4 Å². The SMILES string of the molecule is COc1ccc2sc(CN(C(=O)Cc3ccc(-n4cccc4)cc3)C3C=CS(=O)(=O)C3)nc2c1. The zero-order chi connectivity index (χ0) is 23.7. The van der Waals surface area contributed by atoms with E-state index < -0.39 is 15.9 Å². The van der Waals surface area contributed by atoms with E-state index in [2.05, 4.69) is 4.98 Å². The fourth-order valence-electron chi connectivity index (χ4n) is 4.01. The number of hydrogen-bond donors (Lipinski definition) is 0. The second-order valence-electron chi connectivity index (χ2n) is 8.12. The van der Waals surface area contributed by atoms with Gasteiger partial charge in [-0.15, -0.1) is 11.3 Å². The van der Waals surface area contributed by atoms with Gasteiger partial charge >= 0.3 is 0 Å². The first-order valence-electron chi connectivity index (χ1n) is 10.8. The normalized spacial score (nSPS) is 16.7. The molecule has 0 N–H and O–H groups in total. The van der Waals surface area contributed by atoms with Gasteiger partial charge in [-0.05, 0) is 48.0 Å². The van der Waals surface area contributed by atoms with E-state index >= 15 is 0 Å². The third kappa shape index (κ3) is 4.76. The molecule has 4 aromatic rings. The van der Waals surface area contributed by atoms with E-state index in [1.54, 1.807) is 18.1 Å². The maximum absolute atomic E-state index is 13.4. The predicted molar refractivity (Wildman–Crippen MR) is 133 cm³/mol. The number of rotatable bonds is 7. The third-order valence-electron chi connectivity index (χ3n) is 5.77. The summed E-state index contributed by atoms with van der Waals surface area (Å²) in [5.41, 5.74) is 2.67. The number of carbonyl (C=O) groups is 1. The molecule has 1 atom stereocenters. The first-order chi connectivity index (χ1) is 16.4. The Morgan fingerprint density at radius 3 is 2.62 bits per heavy atom. The summed E-state index contributed by atoms with van der Waals surface area (Å²) in [4.78, 5) is 19.7. The van der Waals surface area contributed by atoms with Crippen molar-refractivity contribution in [1.29, 1.82) is 0 Å². The van der Waals surface area contributed by atoms with Gasteiger partial charge in [0.25, 0.3) is 0 Å². The fraction of sp³-hybridized carbons (Fsp3) is 0.200. The van der Waals surface area contributed by atoms with E-state index in [4.69, 9.17) is 4.74 Å². The molecule has 174 valence electrons.